The summed E-state index contributed by atoms with van der Waals surface area (Å²) in [7, 11) is 0. The van der Waals surface area contributed by atoms with Crippen LogP contribution in [0.25, 0.3) is 0 Å². The fourth-order valence-corrected chi connectivity index (χ4v) is 5.14. The maximum atomic E-state index is 12.9. The van der Waals surface area contributed by atoms with Crippen LogP contribution >= 0.6 is 0 Å². The third kappa shape index (κ3) is 2.51. The van der Waals surface area contributed by atoms with Gasteiger partial charge in [-0.3, -0.25) is 4.79 Å². The van der Waals surface area contributed by atoms with E-state index in [1.807, 2.05) is 0 Å². The first-order chi connectivity index (χ1) is 11.6. The van der Waals surface area contributed by atoms with Gasteiger partial charge in [-0.05, 0) is 62.3 Å². The van der Waals surface area contributed by atoms with Crippen LogP contribution in [0, 0.1) is 30.6 Å². The fourth-order valence-electron chi connectivity index (χ4n) is 5.14. The van der Waals surface area contributed by atoms with E-state index in [0.29, 0.717) is 35.0 Å². The van der Waals surface area contributed by atoms with Gasteiger partial charge >= 0.3 is 5.97 Å². The van der Waals surface area contributed by atoms with E-state index in [-0.39, 0.29) is 28.7 Å². The molecule has 2 aliphatic rings. The number of H-pyrrole nitrogens is 1. The van der Waals surface area contributed by atoms with Gasteiger partial charge in [-0.15, -0.1) is 0 Å². The summed E-state index contributed by atoms with van der Waals surface area (Å²) in [5.74, 6) is 0.177. The van der Waals surface area contributed by atoms with Gasteiger partial charge in [0, 0.05) is 11.7 Å². The highest BCUT2D eigenvalue weighted by molar-refractivity contribution is 6.00. The van der Waals surface area contributed by atoms with E-state index in [4.69, 9.17) is 4.74 Å². The molecule has 0 radical (unpaired) electrons. The van der Waals surface area contributed by atoms with Crippen LogP contribution < -0.4 is 5.32 Å². The van der Waals surface area contributed by atoms with Crippen LogP contribution in [0.3, 0.4) is 0 Å². The largest absolute Gasteiger partial charge is 0.462 e. The van der Waals surface area contributed by atoms with Crippen molar-refractivity contribution in [3.63, 3.8) is 0 Å². The highest BCUT2D eigenvalue weighted by Gasteiger charge is 2.61. The number of amides is 1. The molecule has 3 atom stereocenters. The molecule has 5 nitrogen and oxygen atoms in total. The van der Waals surface area contributed by atoms with Gasteiger partial charge in [-0.1, -0.05) is 20.8 Å². The molecule has 0 saturated heterocycles. The summed E-state index contributed by atoms with van der Waals surface area (Å²) in [6.07, 6.45) is 3.45. The topological polar surface area (TPSA) is 71.2 Å². The van der Waals surface area contributed by atoms with Crippen molar-refractivity contribution in [2.45, 2.75) is 66.8 Å². The lowest BCUT2D eigenvalue weighted by molar-refractivity contribution is 0.0525. The lowest BCUT2D eigenvalue weighted by Crippen LogP contribution is -2.47. The normalized spacial score (nSPS) is 29.7. The number of esters is 1. The Kier molecular flexibility index (Phi) is 4.25. The highest BCUT2D eigenvalue weighted by Crippen LogP contribution is 2.65. The molecule has 1 heterocycles. The summed E-state index contributed by atoms with van der Waals surface area (Å²) in [6, 6.07) is 0.183. The van der Waals surface area contributed by atoms with Crippen molar-refractivity contribution in [2.24, 2.45) is 16.7 Å². The third-order valence-corrected chi connectivity index (χ3v) is 7.24. The summed E-state index contributed by atoms with van der Waals surface area (Å²) in [6.45, 7) is 12.7. The van der Waals surface area contributed by atoms with Gasteiger partial charge < -0.3 is 15.0 Å². The second-order valence-corrected chi connectivity index (χ2v) is 8.48. The molecule has 2 saturated carbocycles. The molecule has 1 amide bonds. The van der Waals surface area contributed by atoms with Gasteiger partial charge in [0.25, 0.3) is 5.91 Å². The molecule has 3 rings (SSSR count). The molecule has 0 aromatic carbocycles. The van der Waals surface area contributed by atoms with Gasteiger partial charge in [-0.25, -0.2) is 4.79 Å². The predicted octanol–water partition coefficient (Wildman–Crippen LogP) is 3.75. The Labute approximate surface area is 149 Å². The van der Waals surface area contributed by atoms with E-state index in [1.54, 1.807) is 20.8 Å². The first kappa shape index (κ1) is 18.0. The average molecular weight is 346 g/mol. The zero-order chi connectivity index (χ0) is 18.6. The number of carbonyl (C=O) groups excluding carboxylic acids is 2. The van der Waals surface area contributed by atoms with Crippen molar-refractivity contribution < 1.29 is 14.3 Å². The number of aromatic nitrogens is 1. The summed E-state index contributed by atoms with van der Waals surface area (Å²) >= 11 is 0. The Morgan fingerprint density at radius 2 is 1.96 bits per heavy atom. The zero-order valence-corrected chi connectivity index (χ0v) is 16.2. The van der Waals surface area contributed by atoms with Crippen LogP contribution in [-0.2, 0) is 4.74 Å². The van der Waals surface area contributed by atoms with Crippen molar-refractivity contribution in [2.75, 3.05) is 6.61 Å². The number of aromatic amines is 1. The number of nitrogens with one attached hydrogen (secondary N) is 2. The molecule has 5 heteroatoms. The van der Waals surface area contributed by atoms with Gasteiger partial charge in [0.15, 0.2) is 0 Å². The minimum Gasteiger partial charge on any atom is -0.462 e. The quantitative estimate of drug-likeness (QED) is 0.816. The molecular weight excluding hydrogens is 316 g/mol. The second-order valence-electron chi connectivity index (χ2n) is 8.48. The average Bonchev–Trinajstić information content (AvgIpc) is 3.01. The second kappa shape index (κ2) is 5.89. The van der Waals surface area contributed by atoms with E-state index in [9.17, 15) is 9.59 Å². The zero-order valence-electron chi connectivity index (χ0n) is 16.2. The third-order valence-electron chi connectivity index (χ3n) is 7.24. The molecule has 3 unspecified atom stereocenters. The van der Waals surface area contributed by atoms with Gasteiger partial charge in [0.1, 0.15) is 5.69 Å². The van der Waals surface area contributed by atoms with E-state index < -0.39 is 0 Å². The number of fused-ring (bicyclic) bond motifs is 2. The molecule has 1 aromatic heterocycles. The van der Waals surface area contributed by atoms with E-state index in [0.717, 1.165) is 12.8 Å². The molecule has 2 fully saturated rings. The number of aryl methyl sites for hydroxylation is 1. The van der Waals surface area contributed by atoms with Crippen LogP contribution in [0.15, 0.2) is 0 Å². The Morgan fingerprint density at radius 1 is 1.28 bits per heavy atom. The predicted molar refractivity (Wildman–Crippen MR) is 96.7 cm³/mol. The van der Waals surface area contributed by atoms with Crippen molar-refractivity contribution in [1.29, 1.82) is 0 Å². The maximum Gasteiger partial charge on any atom is 0.340 e. The highest BCUT2D eigenvalue weighted by atomic mass is 16.5. The van der Waals surface area contributed by atoms with Crippen LogP contribution in [0.1, 0.15) is 79.1 Å². The number of rotatable bonds is 4. The van der Waals surface area contributed by atoms with Crippen LogP contribution in [0.5, 0.6) is 0 Å². The number of hydrogen-bond acceptors (Lipinski definition) is 3. The van der Waals surface area contributed by atoms with Gasteiger partial charge in [0.2, 0.25) is 0 Å². The molecule has 2 N–H and O–H groups in total. The van der Waals surface area contributed by atoms with Crippen molar-refractivity contribution in [1.82, 2.24) is 10.3 Å². The molecular formula is C20H30N2O3. The molecule has 138 valence electrons. The van der Waals surface area contributed by atoms with Crippen LogP contribution in [0.2, 0.25) is 0 Å². The molecule has 0 aliphatic heterocycles. The summed E-state index contributed by atoms with van der Waals surface area (Å²) in [5, 5.41) is 3.25. The summed E-state index contributed by atoms with van der Waals surface area (Å²) < 4.78 is 5.11. The van der Waals surface area contributed by atoms with Crippen molar-refractivity contribution >= 4 is 11.9 Å². The Bertz CT molecular complexity index is 719. The lowest BCUT2D eigenvalue weighted by Gasteiger charge is -2.39. The first-order valence-corrected chi connectivity index (χ1v) is 9.30. The van der Waals surface area contributed by atoms with E-state index >= 15 is 0 Å². The molecule has 2 bridgehead atoms. The number of hydrogen-bond donors (Lipinski definition) is 2. The van der Waals surface area contributed by atoms with E-state index in [1.165, 1.54) is 6.42 Å². The molecule has 25 heavy (non-hydrogen) atoms. The van der Waals surface area contributed by atoms with Gasteiger partial charge in [-0.2, -0.15) is 0 Å². The summed E-state index contributed by atoms with van der Waals surface area (Å²) in [4.78, 5) is 28.1. The molecule has 2 aliphatic carbocycles. The number of carbonyl (C=O) groups is 2. The number of ether oxygens (including phenoxy) is 1. The van der Waals surface area contributed by atoms with Gasteiger partial charge in [0.05, 0.1) is 12.2 Å². The van der Waals surface area contributed by atoms with E-state index in [2.05, 4.69) is 31.1 Å². The van der Waals surface area contributed by atoms with Crippen LogP contribution in [0.4, 0.5) is 0 Å². The maximum absolute atomic E-state index is 12.9. The van der Waals surface area contributed by atoms with Crippen LogP contribution in [-0.4, -0.2) is 29.5 Å². The van der Waals surface area contributed by atoms with Crippen molar-refractivity contribution in [3.05, 3.63) is 22.5 Å². The first-order valence-electron chi connectivity index (χ1n) is 9.30. The fraction of sp³-hybridized carbons (Fsp3) is 0.700. The monoisotopic (exact) mass is 346 g/mol. The Hall–Kier alpha value is -1.78. The SMILES string of the molecule is CCOC(=O)c1c(C)[nH]c(C(=O)NC2CC3CCC2(C)C3(C)C)c1C. The minimum atomic E-state index is -0.374. The minimum absolute atomic E-state index is 0.120. The summed E-state index contributed by atoms with van der Waals surface area (Å²) in [5.41, 5.74) is 2.69. The van der Waals surface area contributed by atoms with Crippen molar-refractivity contribution in [3.8, 4) is 0 Å². The Balaban J connectivity index is 1.82. The standard InChI is InChI=1S/C20H30N2O3/c1-7-25-18(24)15-11(2)16(21-12(15)3)17(23)22-14-10-13-8-9-20(14,6)19(13,4)5/h13-14,21H,7-10H2,1-6H3,(H,22,23). The smallest absolute Gasteiger partial charge is 0.340 e. The molecule has 1 aromatic rings. The lowest BCUT2D eigenvalue weighted by atomic mass is 9.69. The molecule has 0 spiro atoms. The Morgan fingerprint density at radius 3 is 2.48 bits per heavy atom.